The van der Waals surface area contributed by atoms with Gasteiger partial charge in [0.05, 0.1) is 5.60 Å². The highest BCUT2D eigenvalue weighted by Gasteiger charge is 2.63. The molecule has 1 nitrogen and oxygen atoms in total. The van der Waals surface area contributed by atoms with Crippen molar-refractivity contribution in [3.63, 3.8) is 0 Å². The normalized spacial score (nSPS) is 67.0. The minimum Gasteiger partial charge on any atom is -0.390 e. The highest BCUT2D eigenvalue weighted by molar-refractivity contribution is 5.13. The molecule has 0 radical (unpaired) electrons. The molecule has 1 heteroatoms. The third-order valence-corrected chi connectivity index (χ3v) is 9.03. The molecule has 8 rings (SSSR count). The van der Waals surface area contributed by atoms with E-state index in [0.29, 0.717) is 0 Å². The fraction of sp³-hybridized carbons (Fsp3) is 1.00. The molecule has 1 N–H and O–H groups in total. The average Bonchev–Trinajstić information content (AvgIpc) is 2.33. The van der Waals surface area contributed by atoms with E-state index in [1.165, 1.54) is 25.7 Å². The van der Waals surface area contributed by atoms with Crippen LogP contribution < -0.4 is 0 Å². The van der Waals surface area contributed by atoms with Crippen molar-refractivity contribution >= 4 is 0 Å². The zero-order valence-corrected chi connectivity index (χ0v) is 13.3. The van der Waals surface area contributed by atoms with Crippen LogP contribution in [0.2, 0.25) is 0 Å². The summed E-state index contributed by atoms with van der Waals surface area (Å²) in [5.41, 5.74) is 0.517. The standard InChI is InChI=1S/C20H30O/c21-20-9-15-4-16(10-20)18(17(5-15)11-20)19-6-12-1-13(7-19)3-14(2-12)8-19/h12-18,21H,1-11H2. The first kappa shape index (κ1) is 12.4. The van der Waals surface area contributed by atoms with E-state index in [-0.39, 0.29) is 5.60 Å². The van der Waals surface area contributed by atoms with E-state index in [1.807, 2.05) is 0 Å². The number of hydrogen-bond donors (Lipinski definition) is 1. The first-order valence-corrected chi connectivity index (χ1v) is 9.83. The summed E-state index contributed by atoms with van der Waals surface area (Å²) in [6.07, 6.45) is 15.9. The van der Waals surface area contributed by atoms with E-state index in [1.54, 1.807) is 38.5 Å². The minimum atomic E-state index is -0.227. The maximum Gasteiger partial charge on any atom is 0.0656 e. The van der Waals surface area contributed by atoms with Crippen LogP contribution in [0, 0.1) is 46.8 Å². The molecule has 8 fully saturated rings. The van der Waals surface area contributed by atoms with Crippen molar-refractivity contribution in [3.05, 3.63) is 0 Å². The van der Waals surface area contributed by atoms with Gasteiger partial charge in [0.2, 0.25) is 0 Å². The highest BCUT2D eigenvalue weighted by atomic mass is 16.3. The smallest absolute Gasteiger partial charge is 0.0656 e. The molecular formula is C20H30O. The topological polar surface area (TPSA) is 20.2 Å². The molecule has 2 unspecified atom stereocenters. The van der Waals surface area contributed by atoms with Gasteiger partial charge in [-0.1, -0.05) is 0 Å². The lowest BCUT2D eigenvalue weighted by Gasteiger charge is -2.67. The molecule has 0 heterocycles. The summed E-state index contributed by atoms with van der Waals surface area (Å²) in [4.78, 5) is 0. The molecule has 8 bridgehead atoms. The van der Waals surface area contributed by atoms with Crippen LogP contribution in [0.15, 0.2) is 0 Å². The van der Waals surface area contributed by atoms with E-state index < -0.39 is 0 Å². The van der Waals surface area contributed by atoms with Crippen LogP contribution in [0.1, 0.15) is 70.6 Å². The predicted molar refractivity (Wildman–Crippen MR) is 82.6 cm³/mol. The van der Waals surface area contributed by atoms with Crippen molar-refractivity contribution in [1.82, 2.24) is 0 Å². The second kappa shape index (κ2) is 3.71. The number of hydrogen-bond acceptors (Lipinski definition) is 1. The molecule has 0 aliphatic heterocycles. The zero-order chi connectivity index (χ0) is 13.8. The summed E-state index contributed by atoms with van der Waals surface area (Å²) in [6.45, 7) is 0. The Bertz CT molecular complexity index is 429. The van der Waals surface area contributed by atoms with Gasteiger partial charge in [-0.3, -0.25) is 0 Å². The minimum absolute atomic E-state index is 0.227. The van der Waals surface area contributed by atoms with Gasteiger partial charge in [-0.2, -0.15) is 0 Å². The molecule has 0 amide bonds. The van der Waals surface area contributed by atoms with Crippen molar-refractivity contribution in [2.24, 2.45) is 46.8 Å². The van der Waals surface area contributed by atoms with Gasteiger partial charge in [0.15, 0.2) is 0 Å². The summed E-state index contributed by atoms with van der Waals surface area (Å²) >= 11 is 0. The van der Waals surface area contributed by atoms with E-state index in [9.17, 15) is 5.11 Å². The van der Waals surface area contributed by atoms with Gasteiger partial charge in [0.1, 0.15) is 0 Å². The van der Waals surface area contributed by atoms with Gasteiger partial charge in [-0.05, 0) is 117 Å². The lowest BCUT2D eigenvalue weighted by atomic mass is 9.38. The Hall–Kier alpha value is -0.0400. The van der Waals surface area contributed by atoms with Crippen molar-refractivity contribution in [1.29, 1.82) is 0 Å². The van der Waals surface area contributed by atoms with Gasteiger partial charge in [0, 0.05) is 0 Å². The third kappa shape index (κ3) is 1.57. The number of aliphatic hydroxyl groups is 1. The van der Waals surface area contributed by atoms with Crippen LogP contribution in [0.5, 0.6) is 0 Å². The molecule has 2 atom stereocenters. The van der Waals surface area contributed by atoms with Gasteiger partial charge < -0.3 is 5.11 Å². The van der Waals surface area contributed by atoms with Crippen molar-refractivity contribution in [2.75, 3.05) is 0 Å². The zero-order valence-electron chi connectivity index (χ0n) is 13.3. The summed E-state index contributed by atoms with van der Waals surface area (Å²) in [6, 6.07) is 0. The first-order chi connectivity index (χ1) is 10.1. The fourth-order valence-electron chi connectivity index (χ4n) is 9.57. The van der Waals surface area contributed by atoms with E-state index >= 15 is 0 Å². The van der Waals surface area contributed by atoms with E-state index in [0.717, 1.165) is 53.3 Å². The van der Waals surface area contributed by atoms with Crippen molar-refractivity contribution in [2.45, 2.75) is 76.2 Å². The van der Waals surface area contributed by atoms with Crippen molar-refractivity contribution < 1.29 is 5.11 Å². The second-order valence-corrected chi connectivity index (χ2v) is 10.5. The highest BCUT2D eigenvalue weighted by Crippen LogP contribution is 2.70. The predicted octanol–water partition coefficient (Wildman–Crippen LogP) is 4.39. The van der Waals surface area contributed by atoms with Crippen LogP contribution in [0.3, 0.4) is 0 Å². The molecule has 0 aromatic carbocycles. The molecule has 21 heavy (non-hydrogen) atoms. The molecule has 0 saturated heterocycles. The third-order valence-electron chi connectivity index (χ3n) is 9.03. The van der Waals surface area contributed by atoms with Gasteiger partial charge in [0.25, 0.3) is 0 Å². The Labute approximate surface area is 128 Å². The van der Waals surface area contributed by atoms with Crippen LogP contribution in [0.4, 0.5) is 0 Å². The van der Waals surface area contributed by atoms with Gasteiger partial charge in [-0.15, -0.1) is 0 Å². The van der Waals surface area contributed by atoms with E-state index in [4.69, 9.17) is 0 Å². The summed E-state index contributed by atoms with van der Waals surface area (Å²) in [5, 5.41) is 10.9. The SMILES string of the molecule is OC12CC3CC(C1)C(C14CC5CC(CC(C5)C1)C4)C(C3)C2. The summed E-state index contributed by atoms with van der Waals surface area (Å²) in [7, 11) is 0. The Morgan fingerprint density at radius 3 is 1.52 bits per heavy atom. The van der Waals surface area contributed by atoms with Gasteiger partial charge in [-0.25, -0.2) is 0 Å². The Morgan fingerprint density at radius 1 is 0.571 bits per heavy atom. The Kier molecular flexibility index (Phi) is 2.19. The Morgan fingerprint density at radius 2 is 1.05 bits per heavy atom. The van der Waals surface area contributed by atoms with Crippen molar-refractivity contribution in [3.8, 4) is 0 Å². The summed E-state index contributed by atoms with van der Waals surface area (Å²) in [5.74, 6) is 6.99. The number of rotatable bonds is 1. The molecule has 0 aromatic rings. The van der Waals surface area contributed by atoms with E-state index in [2.05, 4.69) is 0 Å². The molecule has 0 spiro atoms. The molecule has 0 aromatic heterocycles. The lowest BCUT2D eigenvalue weighted by Crippen LogP contribution is -2.61. The average molecular weight is 286 g/mol. The largest absolute Gasteiger partial charge is 0.390 e. The molecule has 116 valence electrons. The monoisotopic (exact) mass is 286 g/mol. The summed E-state index contributed by atoms with van der Waals surface area (Å²) < 4.78 is 0. The van der Waals surface area contributed by atoms with Crippen LogP contribution in [-0.2, 0) is 0 Å². The van der Waals surface area contributed by atoms with Crippen LogP contribution in [0.25, 0.3) is 0 Å². The molecular weight excluding hydrogens is 256 g/mol. The Balaban J connectivity index is 1.39. The fourth-order valence-corrected chi connectivity index (χ4v) is 9.57. The molecule has 8 aliphatic rings. The first-order valence-electron chi connectivity index (χ1n) is 9.83. The molecule has 8 aliphatic carbocycles. The van der Waals surface area contributed by atoms with Gasteiger partial charge >= 0.3 is 0 Å². The van der Waals surface area contributed by atoms with Crippen LogP contribution in [-0.4, -0.2) is 10.7 Å². The maximum absolute atomic E-state index is 10.9. The van der Waals surface area contributed by atoms with Crippen LogP contribution >= 0.6 is 0 Å². The quantitative estimate of drug-likeness (QED) is 0.758. The lowest BCUT2D eigenvalue weighted by molar-refractivity contribution is -0.209. The molecule has 8 saturated carbocycles. The maximum atomic E-state index is 10.9. The second-order valence-electron chi connectivity index (χ2n) is 10.5.